The van der Waals surface area contributed by atoms with E-state index in [1.165, 1.54) is 7.11 Å². The summed E-state index contributed by atoms with van der Waals surface area (Å²) in [7, 11) is 1.51. The zero-order valence-corrected chi connectivity index (χ0v) is 13.8. The Labute approximate surface area is 142 Å². The van der Waals surface area contributed by atoms with Crippen molar-refractivity contribution in [2.75, 3.05) is 12.4 Å². The molecule has 0 radical (unpaired) electrons. The van der Waals surface area contributed by atoms with Crippen LogP contribution in [-0.4, -0.2) is 22.6 Å². The summed E-state index contributed by atoms with van der Waals surface area (Å²) in [6, 6.07) is 12.2. The minimum atomic E-state index is -0.773. The Morgan fingerprint density at radius 1 is 1.20 bits per heavy atom. The highest BCUT2D eigenvalue weighted by molar-refractivity contribution is 5.93. The molecule has 25 heavy (non-hydrogen) atoms. The molecule has 0 atom stereocenters. The largest absolute Gasteiger partial charge is 0.495 e. The van der Waals surface area contributed by atoms with Crippen LogP contribution in [0.5, 0.6) is 5.75 Å². The SMILES string of the molecule is COc1ccc(C)cc1NC(=O)Cn1c(=O)c(=O)[nH]c2ccccc21. The maximum Gasteiger partial charge on any atom is 0.317 e. The molecule has 0 saturated carbocycles. The van der Waals surface area contributed by atoms with Crippen LogP contribution in [0, 0.1) is 6.92 Å². The lowest BCUT2D eigenvalue weighted by molar-refractivity contribution is -0.116. The van der Waals surface area contributed by atoms with Crippen molar-refractivity contribution < 1.29 is 9.53 Å². The van der Waals surface area contributed by atoms with Crippen LogP contribution >= 0.6 is 0 Å². The van der Waals surface area contributed by atoms with Gasteiger partial charge in [0, 0.05) is 0 Å². The third-order valence-corrected chi connectivity index (χ3v) is 3.81. The number of aromatic amines is 1. The fourth-order valence-corrected chi connectivity index (χ4v) is 2.63. The number of carbonyl (C=O) groups excluding carboxylic acids is 1. The predicted octanol–water partition coefficient (Wildman–Crippen LogP) is 1.65. The van der Waals surface area contributed by atoms with E-state index in [1.807, 2.05) is 13.0 Å². The molecule has 0 fully saturated rings. The first-order chi connectivity index (χ1) is 12.0. The van der Waals surface area contributed by atoms with Crippen LogP contribution in [-0.2, 0) is 11.3 Å². The van der Waals surface area contributed by atoms with Gasteiger partial charge in [0.1, 0.15) is 12.3 Å². The zero-order valence-electron chi connectivity index (χ0n) is 13.8. The number of methoxy groups -OCH3 is 1. The van der Waals surface area contributed by atoms with Crippen LogP contribution in [0.2, 0.25) is 0 Å². The second-order valence-corrected chi connectivity index (χ2v) is 5.61. The first kappa shape index (κ1) is 16.5. The van der Waals surface area contributed by atoms with Gasteiger partial charge in [-0.15, -0.1) is 0 Å². The fourth-order valence-electron chi connectivity index (χ4n) is 2.63. The number of rotatable bonds is 4. The molecule has 1 heterocycles. The number of benzene rings is 2. The van der Waals surface area contributed by atoms with E-state index in [2.05, 4.69) is 10.3 Å². The lowest BCUT2D eigenvalue weighted by atomic mass is 10.2. The Kier molecular flexibility index (Phi) is 4.38. The van der Waals surface area contributed by atoms with Crippen LogP contribution in [0.25, 0.3) is 11.0 Å². The number of nitrogens with one attached hydrogen (secondary N) is 2. The van der Waals surface area contributed by atoms with Crippen LogP contribution < -0.4 is 21.2 Å². The predicted molar refractivity (Wildman–Crippen MR) is 95.2 cm³/mol. The van der Waals surface area contributed by atoms with Gasteiger partial charge in [-0.05, 0) is 36.8 Å². The summed E-state index contributed by atoms with van der Waals surface area (Å²) < 4.78 is 6.38. The highest BCUT2D eigenvalue weighted by Gasteiger charge is 2.13. The van der Waals surface area contributed by atoms with Gasteiger partial charge in [-0.2, -0.15) is 0 Å². The average Bonchev–Trinajstić information content (AvgIpc) is 2.59. The molecule has 1 aromatic heterocycles. The molecule has 128 valence electrons. The number of fused-ring (bicyclic) bond motifs is 1. The summed E-state index contributed by atoms with van der Waals surface area (Å²) in [5.41, 5.74) is 0.903. The first-order valence-electron chi connectivity index (χ1n) is 7.66. The fraction of sp³-hybridized carbons (Fsp3) is 0.167. The summed E-state index contributed by atoms with van der Waals surface area (Å²) in [5.74, 6) is 0.0869. The molecule has 2 aromatic carbocycles. The van der Waals surface area contributed by atoms with Gasteiger partial charge in [0.15, 0.2) is 0 Å². The van der Waals surface area contributed by atoms with E-state index in [-0.39, 0.29) is 6.54 Å². The normalized spacial score (nSPS) is 10.6. The van der Waals surface area contributed by atoms with Crippen molar-refractivity contribution in [2.45, 2.75) is 13.5 Å². The maximum absolute atomic E-state index is 12.4. The number of carbonyl (C=O) groups is 1. The second kappa shape index (κ2) is 6.64. The zero-order chi connectivity index (χ0) is 18.0. The van der Waals surface area contributed by atoms with E-state index < -0.39 is 17.0 Å². The third kappa shape index (κ3) is 3.30. The molecule has 3 rings (SSSR count). The van der Waals surface area contributed by atoms with E-state index in [0.29, 0.717) is 22.5 Å². The minimum absolute atomic E-state index is 0.277. The number of ether oxygens (including phenoxy) is 1. The van der Waals surface area contributed by atoms with Crippen molar-refractivity contribution >= 4 is 22.6 Å². The first-order valence-corrected chi connectivity index (χ1v) is 7.66. The van der Waals surface area contributed by atoms with Crippen molar-refractivity contribution in [3.05, 3.63) is 68.7 Å². The smallest absolute Gasteiger partial charge is 0.317 e. The number of H-pyrrole nitrogens is 1. The average molecular weight is 339 g/mol. The van der Waals surface area contributed by atoms with Gasteiger partial charge in [-0.1, -0.05) is 18.2 Å². The Balaban J connectivity index is 1.96. The number of para-hydroxylation sites is 2. The van der Waals surface area contributed by atoms with Crippen LogP contribution in [0.1, 0.15) is 5.56 Å². The molecule has 0 spiro atoms. The van der Waals surface area contributed by atoms with Crippen molar-refractivity contribution in [1.82, 2.24) is 9.55 Å². The molecule has 0 unspecified atom stereocenters. The van der Waals surface area contributed by atoms with Gasteiger partial charge in [0.05, 0.1) is 23.8 Å². The molecule has 7 nitrogen and oxygen atoms in total. The topological polar surface area (TPSA) is 93.2 Å². The number of hydrogen-bond donors (Lipinski definition) is 2. The minimum Gasteiger partial charge on any atom is -0.495 e. The molecule has 0 aliphatic heterocycles. The van der Waals surface area contributed by atoms with E-state index in [1.54, 1.807) is 36.4 Å². The van der Waals surface area contributed by atoms with Gasteiger partial charge in [-0.25, -0.2) is 0 Å². The molecular weight excluding hydrogens is 322 g/mol. The monoisotopic (exact) mass is 339 g/mol. The number of amides is 1. The van der Waals surface area contributed by atoms with E-state index in [4.69, 9.17) is 4.74 Å². The summed E-state index contributed by atoms with van der Waals surface area (Å²) in [4.78, 5) is 38.9. The lowest BCUT2D eigenvalue weighted by Gasteiger charge is -2.13. The molecule has 0 saturated heterocycles. The number of anilines is 1. The Morgan fingerprint density at radius 2 is 1.96 bits per heavy atom. The van der Waals surface area contributed by atoms with E-state index in [0.717, 1.165) is 10.1 Å². The molecule has 0 bridgehead atoms. The van der Waals surface area contributed by atoms with Crippen molar-refractivity contribution in [2.24, 2.45) is 0 Å². The lowest BCUT2D eigenvalue weighted by Crippen LogP contribution is -2.38. The molecule has 0 aliphatic rings. The van der Waals surface area contributed by atoms with Crippen molar-refractivity contribution in [3.63, 3.8) is 0 Å². The Hall–Kier alpha value is -3.35. The Bertz CT molecular complexity index is 1070. The van der Waals surface area contributed by atoms with Crippen LogP contribution in [0.15, 0.2) is 52.1 Å². The van der Waals surface area contributed by atoms with Crippen LogP contribution in [0.4, 0.5) is 5.69 Å². The van der Waals surface area contributed by atoms with Gasteiger partial charge in [0.25, 0.3) is 0 Å². The third-order valence-electron chi connectivity index (χ3n) is 3.81. The quantitative estimate of drug-likeness (QED) is 0.707. The van der Waals surface area contributed by atoms with Gasteiger partial charge in [-0.3, -0.25) is 19.0 Å². The van der Waals surface area contributed by atoms with E-state index in [9.17, 15) is 14.4 Å². The molecule has 2 N–H and O–H groups in total. The molecule has 3 aromatic rings. The summed E-state index contributed by atoms with van der Waals surface area (Å²) in [5, 5.41) is 2.73. The van der Waals surface area contributed by atoms with Crippen molar-refractivity contribution in [3.8, 4) is 5.75 Å². The van der Waals surface area contributed by atoms with Gasteiger partial charge in [0.2, 0.25) is 5.91 Å². The molecule has 0 aliphatic carbocycles. The number of nitrogens with zero attached hydrogens (tertiary/aromatic N) is 1. The second-order valence-electron chi connectivity index (χ2n) is 5.61. The van der Waals surface area contributed by atoms with E-state index >= 15 is 0 Å². The van der Waals surface area contributed by atoms with Crippen molar-refractivity contribution in [1.29, 1.82) is 0 Å². The molecule has 7 heteroatoms. The molecular formula is C18H17N3O4. The molecule has 1 amide bonds. The van der Waals surface area contributed by atoms with Gasteiger partial charge < -0.3 is 15.0 Å². The summed E-state index contributed by atoms with van der Waals surface area (Å²) >= 11 is 0. The highest BCUT2D eigenvalue weighted by atomic mass is 16.5. The number of aromatic nitrogens is 2. The Morgan fingerprint density at radius 3 is 2.72 bits per heavy atom. The number of aryl methyl sites for hydroxylation is 1. The summed E-state index contributed by atoms with van der Waals surface area (Å²) in [6.45, 7) is 1.62. The highest BCUT2D eigenvalue weighted by Crippen LogP contribution is 2.25. The van der Waals surface area contributed by atoms with Gasteiger partial charge >= 0.3 is 11.1 Å². The number of hydrogen-bond acceptors (Lipinski definition) is 4. The summed E-state index contributed by atoms with van der Waals surface area (Å²) in [6.07, 6.45) is 0. The maximum atomic E-state index is 12.4. The standard InChI is InChI=1S/C18H17N3O4/c1-11-7-8-15(25-2)13(9-11)19-16(22)10-21-14-6-4-3-5-12(14)20-17(23)18(21)24/h3-9H,10H2,1-2H3,(H,19,22)(H,20,23). The van der Waals surface area contributed by atoms with Crippen LogP contribution in [0.3, 0.4) is 0 Å².